The number of nitrogens with zero attached hydrogens (tertiary/aromatic N) is 3. The van der Waals surface area contributed by atoms with Crippen LogP contribution in [0.1, 0.15) is 0 Å². The van der Waals surface area contributed by atoms with Gasteiger partial charge in [-0.3, -0.25) is 9.97 Å². The molecule has 2 heterocycles. The lowest BCUT2D eigenvalue weighted by Crippen LogP contribution is -1.99. The third kappa shape index (κ3) is 0.586. The highest BCUT2D eigenvalue weighted by atomic mass is 16.1. The predicted molar refractivity (Wildman–Crippen MR) is 32.3 cm³/mol. The summed E-state index contributed by atoms with van der Waals surface area (Å²) in [7, 11) is 0. The Morgan fingerprint density at radius 2 is 2.10 bits per heavy atom. The van der Waals surface area contributed by atoms with Gasteiger partial charge in [0.05, 0.1) is 0 Å². The molecular weight excluding hydrogens is 134 g/mol. The quantitative estimate of drug-likeness (QED) is 0.489. The van der Waals surface area contributed by atoms with Crippen LogP contribution in [0.15, 0.2) is 11.1 Å². The summed E-state index contributed by atoms with van der Waals surface area (Å²) in [5.41, 5.74) is 0.496. The second-order valence-corrected chi connectivity index (χ2v) is 1.74. The number of imidazole rings is 1. The van der Waals surface area contributed by atoms with Gasteiger partial charge in [-0.05, 0) is 0 Å². The highest BCUT2D eigenvalue weighted by molar-refractivity contribution is 5.62. The number of nitrogens with one attached hydrogen (secondary N) is 2. The normalized spacial score (nSPS) is 10.4. The van der Waals surface area contributed by atoms with Crippen molar-refractivity contribution in [2.75, 3.05) is 0 Å². The first-order valence-electron chi connectivity index (χ1n) is 2.62. The van der Waals surface area contributed by atoms with Gasteiger partial charge >= 0.3 is 5.69 Å². The molecule has 0 saturated heterocycles. The van der Waals surface area contributed by atoms with Gasteiger partial charge in [0.2, 0.25) is 0 Å². The van der Waals surface area contributed by atoms with Crippen LogP contribution in [0.2, 0.25) is 0 Å². The Labute approximate surface area is 54.3 Å². The molecule has 0 spiro atoms. The van der Waals surface area contributed by atoms with Crippen LogP contribution in [0.25, 0.3) is 11.3 Å². The van der Waals surface area contributed by atoms with Crippen LogP contribution in [0.3, 0.4) is 0 Å². The van der Waals surface area contributed by atoms with Gasteiger partial charge in [0.1, 0.15) is 6.33 Å². The van der Waals surface area contributed by atoms with E-state index in [1.807, 2.05) is 0 Å². The Morgan fingerprint density at radius 3 is 2.90 bits per heavy atom. The predicted octanol–water partition coefficient (Wildman–Crippen LogP) is -0.959. The van der Waals surface area contributed by atoms with Crippen molar-refractivity contribution >= 4 is 11.3 Å². The van der Waals surface area contributed by atoms with Gasteiger partial charge in [0.15, 0.2) is 11.3 Å². The first-order valence-corrected chi connectivity index (χ1v) is 2.62. The molecule has 0 aliphatic heterocycles. The standard InChI is InChI=1S/C4H3N5O/c10-4-7-2-3(8-4)9-6-1-5-2/h1H,(H2,5,6,7,8,9,10). The van der Waals surface area contributed by atoms with Crippen LogP contribution in [0, 0.1) is 0 Å². The molecular formula is C4H3N5O. The fourth-order valence-electron chi connectivity index (χ4n) is 0.698. The second kappa shape index (κ2) is 1.63. The molecule has 50 valence electrons. The van der Waals surface area contributed by atoms with Crippen molar-refractivity contribution in [2.45, 2.75) is 0 Å². The zero-order valence-electron chi connectivity index (χ0n) is 4.83. The van der Waals surface area contributed by atoms with Gasteiger partial charge in [0.25, 0.3) is 0 Å². The third-order valence-corrected chi connectivity index (χ3v) is 1.08. The van der Waals surface area contributed by atoms with Crippen LogP contribution >= 0.6 is 0 Å². The lowest BCUT2D eigenvalue weighted by atomic mass is 10.7. The van der Waals surface area contributed by atoms with Crippen LogP contribution in [0.5, 0.6) is 0 Å². The van der Waals surface area contributed by atoms with Gasteiger partial charge in [-0.25, -0.2) is 9.78 Å². The van der Waals surface area contributed by atoms with Crippen LogP contribution in [0.4, 0.5) is 0 Å². The summed E-state index contributed by atoms with van der Waals surface area (Å²) < 4.78 is 0. The maximum Gasteiger partial charge on any atom is 0.326 e. The molecule has 2 aromatic rings. The van der Waals surface area contributed by atoms with Gasteiger partial charge in [0, 0.05) is 0 Å². The maximum atomic E-state index is 10.6. The van der Waals surface area contributed by atoms with Crippen molar-refractivity contribution in [2.24, 2.45) is 0 Å². The summed E-state index contributed by atoms with van der Waals surface area (Å²) in [5.74, 6) is 0. The number of H-pyrrole nitrogens is 2. The van der Waals surface area contributed by atoms with E-state index in [-0.39, 0.29) is 5.69 Å². The van der Waals surface area contributed by atoms with E-state index in [1.165, 1.54) is 6.33 Å². The molecule has 0 aliphatic rings. The third-order valence-electron chi connectivity index (χ3n) is 1.08. The average molecular weight is 137 g/mol. The van der Waals surface area contributed by atoms with Gasteiger partial charge in [-0.15, -0.1) is 10.2 Å². The van der Waals surface area contributed by atoms with Crippen molar-refractivity contribution in [3.8, 4) is 0 Å². The molecule has 0 saturated carbocycles. The minimum atomic E-state index is -0.317. The molecule has 10 heavy (non-hydrogen) atoms. The van der Waals surface area contributed by atoms with Crippen LogP contribution in [-0.4, -0.2) is 25.1 Å². The highest BCUT2D eigenvalue weighted by Crippen LogP contribution is 1.91. The van der Waals surface area contributed by atoms with Crippen molar-refractivity contribution < 1.29 is 0 Å². The molecule has 6 heteroatoms. The fourth-order valence-corrected chi connectivity index (χ4v) is 0.698. The number of aromatic nitrogens is 5. The summed E-state index contributed by atoms with van der Waals surface area (Å²) >= 11 is 0. The van der Waals surface area contributed by atoms with E-state index in [0.717, 1.165) is 0 Å². The van der Waals surface area contributed by atoms with E-state index in [9.17, 15) is 4.79 Å². The lowest BCUT2D eigenvalue weighted by Gasteiger charge is -1.79. The zero-order valence-corrected chi connectivity index (χ0v) is 4.83. The molecule has 0 atom stereocenters. The Morgan fingerprint density at radius 1 is 1.30 bits per heavy atom. The van der Waals surface area contributed by atoms with E-state index in [1.54, 1.807) is 0 Å². The molecule has 0 fully saturated rings. The number of fused-ring (bicyclic) bond motifs is 1. The summed E-state index contributed by atoms with van der Waals surface area (Å²) in [6.45, 7) is 0. The van der Waals surface area contributed by atoms with Crippen molar-refractivity contribution in [3.05, 3.63) is 16.8 Å². The first kappa shape index (κ1) is 5.10. The summed E-state index contributed by atoms with van der Waals surface area (Å²) in [6, 6.07) is 0. The Hall–Kier alpha value is -1.72. The Kier molecular flexibility index (Phi) is 0.830. The average Bonchev–Trinajstić information content (AvgIpc) is 2.27. The van der Waals surface area contributed by atoms with E-state index in [0.29, 0.717) is 11.3 Å². The lowest BCUT2D eigenvalue weighted by molar-refractivity contribution is 1.01. The molecule has 2 rings (SSSR count). The largest absolute Gasteiger partial charge is 0.326 e. The molecule has 0 aromatic carbocycles. The number of rotatable bonds is 0. The minimum Gasteiger partial charge on any atom is -0.289 e. The molecule has 0 bridgehead atoms. The zero-order chi connectivity index (χ0) is 6.97. The maximum absolute atomic E-state index is 10.6. The van der Waals surface area contributed by atoms with Gasteiger partial charge in [-0.1, -0.05) is 0 Å². The molecule has 0 aliphatic carbocycles. The number of aromatic amines is 2. The smallest absolute Gasteiger partial charge is 0.289 e. The summed E-state index contributed by atoms with van der Waals surface area (Å²) in [6.07, 6.45) is 1.27. The molecule has 0 unspecified atom stereocenters. The van der Waals surface area contributed by atoms with Crippen molar-refractivity contribution in [1.82, 2.24) is 25.1 Å². The van der Waals surface area contributed by atoms with E-state index >= 15 is 0 Å². The van der Waals surface area contributed by atoms with E-state index < -0.39 is 0 Å². The molecule has 0 radical (unpaired) electrons. The first-order chi connectivity index (χ1) is 4.86. The van der Waals surface area contributed by atoms with Crippen LogP contribution < -0.4 is 5.69 Å². The van der Waals surface area contributed by atoms with Crippen LogP contribution in [-0.2, 0) is 0 Å². The molecule has 0 amide bonds. The summed E-state index contributed by atoms with van der Waals surface area (Å²) in [4.78, 5) is 19.2. The number of hydrogen-bond donors (Lipinski definition) is 2. The van der Waals surface area contributed by atoms with E-state index in [2.05, 4.69) is 25.1 Å². The van der Waals surface area contributed by atoms with Gasteiger partial charge < -0.3 is 0 Å². The number of hydrogen-bond acceptors (Lipinski definition) is 4. The minimum absolute atomic E-state index is 0.317. The highest BCUT2D eigenvalue weighted by Gasteiger charge is 1.96. The SMILES string of the molecule is O=c1[nH]c2ncnnc2[nH]1. The van der Waals surface area contributed by atoms with E-state index in [4.69, 9.17) is 0 Å². The second-order valence-electron chi connectivity index (χ2n) is 1.74. The van der Waals surface area contributed by atoms with Gasteiger partial charge in [-0.2, -0.15) is 0 Å². The Bertz CT molecular complexity index is 365. The molecule has 2 N–H and O–H groups in total. The van der Waals surface area contributed by atoms with Crippen molar-refractivity contribution in [3.63, 3.8) is 0 Å². The van der Waals surface area contributed by atoms with Crippen molar-refractivity contribution in [1.29, 1.82) is 0 Å². The molecule has 2 aromatic heterocycles. The monoisotopic (exact) mass is 137 g/mol. The Balaban J connectivity index is 3.01. The topological polar surface area (TPSA) is 87.3 Å². The summed E-state index contributed by atoms with van der Waals surface area (Å²) in [5, 5.41) is 7.08. The molecule has 6 nitrogen and oxygen atoms in total. The fraction of sp³-hybridized carbons (Fsp3) is 0.